The number of rotatable bonds is 2. The van der Waals surface area contributed by atoms with Crippen molar-refractivity contribution < 1.29 is 0 Å². The van der Waals surface area contributed by atoms with Crippen molar-refractivity contribution >= 4 is 107 Å². The molecular formula is C42H23N3S2. The van der Waals surface area contributed by atoms with Crippen molar-refractivity contribution in [1.82, 2.24) is 14.5 Å². The van der Waals surface area contributed by atoms with Gasteiger partial charge in [0.1, 0.15) is 16.0 Å². The lowest BCUT2D eigenvalue weighted by molar-refractivity contribution is 1.09. The number of benzene rings is 7. The molecule has 4 aromatic heterocycles. The van der Waals surface area contributed by atoms with E-state index in [2.05, 4.69) is 144 Å². The van der Waals surface area contributed by atoms with Crippen molar-refractivity contribution in [3.8, 4) is 17.1 Å². The molecule has 218 valence electrons. The van der Waals surface area contributed by atoms with Gasteiger partial charge >= 0.3 is 0 Å². The molecule has 0 aliphatic carbocycles. The Hall–Kier alpha value is -5.62. The first-order chi connectivity index (χ1) is 23.3. The van der Waals surface area contributed by atoms with E-state index in [1.165, 1.54) is 57.2 Å². The highest BCUT2D eigenvalue weighted by molar-refractivity contribution is 7.26. The Morgan fingerprint density at radius 3 is 2.11 bits per heavy atom. The van der Waals surface area contributed by atoms with E-state index in [9.17, 15) is 0 Å². The topological polar surface area (TPSA) is 30.7 Å². The summed E-state index contributed by atoms with van der Waals surface area (Å²) in [7, 11) is 0. The summed E-state index contributed by atoms with van der Waals surface area (Å²) in [6.45, 7) is 0. The molecule has 0 N–H and O–H groups in total. The van der Waals surface area contributed by atoms with Gasteiger partial charge in [-0.3, -0.25) is 4.57 Å². The van der Waals surface area contributed by atoms with Crippen LogP contribution < -0.4 is 0 Å². The number of nitrogens with zero attached hydrogens (tertiary/aromatic N) is 3. The molecule has 3 nitrogen and oxygen atoms in total. The fourth-order valence-corrected chi connectivity index (χ4v) is 9.67. The molecule has 0 unspecified atom stereocenters. The van der Waals surface area contributed by atoms with Crippen molar-refractivity contribution in [3.63, 3.8) is 0 Å². The van der Waals surface area contributed by atoms with Crippen molar-refractivity contribution in [1.29, 1.82) is 0 Å². The van der Waals surface area contributed by atoms with Crippen LogP contribution in [0.3, 0.4) is 0 Å². The normalized spacial score (nSPS) is 12.3. The summed E-state index contributed by atoms with van der Waals surface area (Å²) in [5.41, 5.74) is 5.17. The maximum atomic E-state index is 5.54. The maximum Gasteiger partial charge on any atom is 0.165 e. The van der Waals surface area contributed by atoms with Gasteiger partial charge < -0.3 is 0 Å². The molecule has 0 saturated heterocycles. The van der Waals surface area contributed by atoms with Gasteiger partial charge in [-0.15, -0.1) is 22.7 Å². The molecular weight excluding hydrogens is 611 g/mol. The third-order valence-electron chi connectivity index (χ3n) is 9.58. The number of hydrogen-bond acceptors (Lipinski definition) is 4. The summed E-state index contributed by atoms with van der Waals surface area (Å²) in [6, 6.07) is 50.4. The van der Waals surface area contributed by atoms with Gasteiger partial charge in [0.2, 0.25) is 0 Å². The van der Waals surface area contributed by atoms with E-state index in [1.54, 1.807) is 11.3 Å². The Morgan fingerprint density at radius 2 is 1.19 bits per heavy atom. The molecule has 0 aliphatic heterocycles. The van der Waals surface area contributed by atoms with Crippen LogP contribution in [0.5, 0.6) is 0 Å². The first-order valence-electron chi connectivity index (χ1n) is 15.7. The largest absolute Gasteiger partial charge is 0.292 e. The molecule has 4 heterocycles. The van der Waals surface area contributed by atoms with Gasteiger partial charge in [0, 0.05) is 46.6 Å². The minimum absolute atomic E-state index is 0.855. The van der Waals surface area contributed by atoms with Crippen molar-refractivity contribution in [2.24, 2.45) is 0 Å². The molecule has 0 amide bonds. The van der Waals surface area contributed by atoms with E-state index in [1.807, 2.05) is 11.3 Å². The Bertz CT molecular complexity index is 3090. The number of thiophene rings is 2. The van der Waals surface area contributed by atoms with Gasteiger partial charge in [-0.2, -0.15) is 0 Å². The number of para-hydroxylation sites is 1. The highest BCUT2D eigenvalue weighted by Gasteiger charge is 2.22. The fourth-order valence-electron chi connectivity index (χ4n) is 7.39. The quantitative estimate of drug-likeness (QED) is 0.190. The molecule has 0 radical (unpaired) electrons. The van der Waals surface area contributed by atoms with Gasteiger partial charge in [0.05, 0.1) is 11.0 Å². The second-order valence-electron chi connectivity index (χ2n) is 12.2. The Labute approximate surface area is 276 Å². The number of hydrogen-bond donors (Lipinski definition) is 0. The van der Waals surface area contributed by atoms with Crippen LogP contribution in [0.2, 0.25) is 0 Å². The molecule has 11 aromatic rings. The van der Waals surface area contributed by atoms with Crippen LogP contribution in [0, 0.1) is 0 Å². The molecule has 0 fully saturated rings. The summed E-state index contributed by atoms with van der Waals surface area (Å²) < 4.78 is 6.17. The maximum absolute atomic E-state index is 5.54. The van der Waals surface area contributed by atoms with E-state index < -0.39 is 0 Å². The predicted molar refractivity (Wildman–Crippen MR) is 203 cm³/mol. The van der Waals surface area contributed by atoms with Crippen molar-refractivity contribution in [2.75, 3.05) is 0 Å². The lowest BCUT2D eigenvalue weighted by Crippen LogP contribution is -2.03. The molecule has 47 heavy (non-hydrogen) atoms. The van der Waals surface area contributed by atoms with Crippen LogP contribution in [0.25, 0.3) is 101 Å². The summed E-state index contributed by atoms with van der Waals surface area (Å²) in [6.07, 6.45) is 0. The lowest BCUT2D eigenvalue weighted by Gasteiger charge is -2.13. The van der Waals surface area contributed by atoms with Crippen LogP contribution >= 0.6 is 22.7 Å². The highest BCUT2D eigenvalue weighted by Crippen LogP contribution is 2.44. The van der Waals surface area contributed by atoms with Crippen LogP contribution in [-0.2, 0) is 0 Å². The molecule has 0 bridgehead atoms. The zero-order valence-electron chi connectivity index (χ0n) is 24.9. The summed E-state index contributed by atoms with van der Waals surface area (Å²) in [5.74, 6) is 0.855. The van der Waals surface area contributed by atoms with Crippen LogP contribution in [0.15, 0.2) is 140 Å². The molecule has 0 aliphatic rings. The molecule has 7 aromatic carbocycles. The number of fused-ring (bicyclic) bond motifs is 12. The van der Waals surface area contributed by atoms with Crippen LogP contribution in [0.4, 0.5) is 0 Å². The third kappa shape index (κ3) is 3.61. The smallest absolute Gasteiger partial charge is 0.165 e. The minimum atomic E-state index is 0.855. The number of aromatic nitrogens is 3. The van der Waals surface area contributed by atoms with Gasteiger partial charge in [-0.05, 0) is 51.9 Å². The van der Waals surface area contributed by atoms with Gasteiger partial charge in [0.15, 0.2) is 5.82 Å². The van der Waals surface area contributed by atoms with E-state index in [-0.39, 0.29) is 0 Å². The summed E-state index contributed by atoms with van der Waals surface area (Å²) in [5, 5.41) is 11.2. The molecule has 0 atom stereocenters. The minimum Gasteiger partial charge on any atom is -0.292 e. The van der Waals surface area contributed by atoms with E-state index in [0.29, 0.717) is 0 Å². The molecule has 5 heteroatoms. The average Bonchev–Trinajstić information content (AvgIpc) is 3.78. The average molecular weight is 634 g/mol. The summed E-state index contributed by atoms with van der Waals surface area (Å²) in [4.78, 5) is 11.9. The zero-order valence-corrected chi connectivity index (χ0v) is 26.6. The monoisotopic (exact) mass is 633 g/mol. The zero-order chi connectivity index (χ0) is 30.6. The lowest BCUT2D eigenvalue weighted by atomic mass is 10.0. The SMILES string of the molecule is c1ccc2cc(-c3nc4sc5ccccc5c4nc3-n3c4ccccc4c4cc5c(cc43)sc3c4ccccc4ccc53)ccc2c1. The fraction of sp³-hybridized carbons (Fsp3) is 0. The Kier molecular flexibility index (Phi) is 5.14. The third-order valence-corrected chi connectivity index (χ3v) is 11.8. The molecule has 0 saturated carbocycles. The Morgan fingerprint density at radius 1 is 0.447 bits per heavy atom. The van der Waals surface area contributed by atoms with E-state index >= 15 is 0 Å². The van der Waals surface area contributed by atoms with Crippen LogP contribution in [0.1, 0.15) is 0 Å². The molecule has 11 rings (SSSR count). The first kappa shape index (κ1) is 25.6. The van der Waals surface area contributed by atoms with Gasteiger partial charge in [-0.1, -0.05) is 109 Å². The van der Waals surface area contributed by atoms with E-state index in [4.69, 9.17) is 9.97 Å². The highest BCUT2D eigenvalue weighted by atomic mass is 32.1. The first-order valence-corrected chi connectivity index (χ1v) is 17.4. The van der Waals surface area contributed by atoms with Gasteiger partial charge in [0.25, 0.3) is 0 Å². The van der Waals surface area contributed by atoms with Crippen molar-refractivity contribution in [2.45, 2.75) is 0 Å². The second kappa shape index (κ2) is 9.46. The van der Waals surface area contributed by atoms with Crippen LogP contribution in [-0.4, -0.2) is 14.5 Å². The predicted octanol–water partition coefficient (Wildman–Crippen LogP) is 12.3. The standard InChI is InChI=1S/C42H23N3S2/c1-2-11-26-21-27(18-17-24(26)9-1)38-41(43-39-31-14-6-8-16-36(31)47-42(39)44-38)45-34-15-7-5-13-29(34)32-22-33-30-20-19-25-10-3-4-12-28(25)40(30)46-37(33)23-35(32)45/h1-23H. The second-order valence-corrected chi connectivity index (χ2v) is 14.3. The summed E-state index contributed by atoms with van der Waals surface area (Å²) >= 11 is 3.59. The Balaban J connectivity index is 1.29. The van der Waals surface area contributed by atoms with Gasteiger partial charge in [-0.25, -0.2) is 9.97 Å². The molecule has 0 spiro atoms. The van der Waals surface area contributed by atoms with Crippen molar-refractivity contribution in [3.05, 3.63) is 140 Å². The van der Waals surface area contributed by atoms with E-state index in [0.717, 1.165) is 43.8 Å².